The third kappa shape index (κ3) is 3.18. The van der Waals surface area contributed by atoms with Crippen LogP contribution in [0.15, 0.2) is 0 Å². The van der Waals surface area contributed by atoms with Crippen LogP contribution in [0.5, 0.6) is 0 Å². The van der Waals surface area contributed by atoms with Gasteiger partial charge in [-0.2, -0.15) is 0 Å². The summed E-state index contributed by atoms with van der Waals surface area (Å²) in [7, 11) is 2.17. The Morgan fingerprint density at radius 2 is 2.00 bits per heavy atom. The quantitative estimate of drug-likeness (QED) is 0.553. The van der Waals surface area contributed by atoms with Gasteiger partial charge in [-0.1, -0.05) is 0 Å². The Morgan fingerprint density at radius 1 is 1.45 bits per heavy atom. The Morgan fingerprint density at radius 3 is 2.45 bits per heavy atom. The van der Waals surface area contributed by atoms with Crippen molar-refractivity contribution in [1.82, 2.24) is 10.2 Å². The summed E-state index contributed by atoms with van der Waals surface area (Å²) in [6.07, 6.45) is 2.61. The molecule has 0 saturated carbocycles. The lowest BCUT2D eigenvalue weighted by Gasteiger charge is -2.30. The molecule has 1 saturated heterocycles. The highest BCUT2D eigenvalue weighted by Gasteiger charge is 2.16. The van der Waals surface area contributed by atoms with Crippen molar-refractivity contribution in [3.8, 4) is 0 Å². The van der Waals surface area contributed by atoms with Crippen molar-refractivity contribution < 1.29 is 0 Å². The summed E-state index contributed by atoms with van der Waals surface area (Å²) >= 11 is 0. The van der Waals surface area contributed by atoms with Crippen molar-refractivity contribution in [3.63, 3.8) is 0 Å². The largest absolute Gasteiger partial charge is 0.316 e. The highest BCUT2D eigenvalue weighted by atomic mass is 15.1. The molecule has 1 aliphatic rings. The average molecular weight is 157 g/mol. The number of likely N-dealkylation sites (tertiary alicyclic amines) is 1. The SMILES string of the molecule is CC(N)NC1CCN(C)CC1. The number of rotatable bonds is 2. The smallest absolute Gasteiger partial charge is 0.0519 e. The summed E-state index contributed by atoms with van der Waals surface area (Å²) in [5.41, 5.74) is 5.63. The van der Waals surface area contributed by atoms with Crippen LogP contribution in [0.25, 0.3) is 0 Å². The molecule has 0 aromatic carbocycles. The van der Waals surface area contributed by atoms with Gasteiger partial charge in [0.1, 0.15) is 0 Å². The minimum Gasteiger partial charge on any atom is -0.316 e. The number of nitrogens with two attached hydrogens (primary N) is 1. The van der Waals surface area contributed by atoms with Crippen molar-refractivity contribution in [2.24, 2.45) is 5.73 Å². The Bertz CT molecular complexity index is 106. The van der Waals surface area contributed by atoms with Gasteiger partial charge in [-0.15, -0.1) is 0 Å². The molecule has 0 radical (unpaired) electrons. The highest BCUT2D eigenvalue weighted by Crippen LogP contribution is 2.07. The molecule has 1 unspecified atom stereocenters. The molecule has 0 spiro atoms. The molecule has 0 aromatic heterocycles. The van der Waals surface area contributed by atoms with E-state index in [-0.39, 0.29) is 6.17 Å². The van der Waals surface area contributed by atoms with E-state index in [1.165, 1.54) is 25.9 Å². The number of hydrogen-bond donors (Lipinski definition) is 2. The summed E-state index contributed by atoms with van der Waals surface area (Å²) in [5.74, 6) is 0. The van der Waals surface area contributed by atoms with E-state index in [4.69, 9.17) is 5.73 Å². The Balaban J connectivity index is 2.17. The fraction of sp³-hybridized carbons (Fsp3) is 1.00. The van der Waals surface area contributed by atoms with Gasteiger partial charge < -0.3 is 10.6 Å². The van der Waals surface area contributed by atoms with Gasteiger partial charge in [-0.05, 0) is 39.9 Å². The monoisotopic (exact) mass is 157 g/mol. The van der Waals surface area contributed by atoms with Crippen LogP contribution in [0.4, 0.5) is 0 Å². The van der Waals surface area contributed by atoms with Crippen molar-refractivity contribution in [3.05, 3.63) is 0 Å². The van der Waals surface area contributed by atoms with E-state index < -0.39 is 0 Å². The van der Waals surface area contributed by atoms with Gasteiger partial charge in [0.05, 0.1) is 6.17 Å². The van der Waals surface area contributed by atoms with Crippen molar-refractivity contribution in [2.45, 2.75) is 32.0 Å². The van der Waals surface area contributed by atoms with Gasteiger partial charge in [0.15, 0.2) is 0 Å². The van der Waals surface area contributed by atoms with Crippen LogP contribution in [0.1, 0.15) is 19.8 Å². The second kappa shape index (κ2) is 4.04. The predicted molar refractivity (Wildman–Crippen MR) is 47.3 cm³/mol. The third-order valence-corrected chi connectivity index (χ3v) is 2.22. The van der Waals surface area contributed by atoms with Crippen LogP contribution in [0.2, 0.25) is 0 Å². The number of hydrogen-bond acceptors (Lipinski definition) is 3. The molecule has 0 amide bonds. The second-order valence-electron chi connectivity index (χ2n) is 3.53. The van der Waals surface area contributed by atoms with Gasteiger partial charge in [0.2, 0.25) is 0 Å². The van der Waals surface area contributed by atoms with Gasteiger partial charge in [-0.25, -0.2) is 0 Å². The first-order chi connectivity index (χ1) is 5.18. The molecule has 11 heavy (non-hydrogen) atoms. The summed E-state index contributed by atoms with van der Waals surface area (Å²) < 4.78 is 0. The molecular weight excluding hydrogens is 138 g/mol. The molecule has 3 nitrogen and oxygen atoms in total. The normalized spacial score (nSPS) is 25.4. The van der Waals surface area contributed by atoms with Gasteiger partial charge in [0, 0.05) is 6.04 Å². The summed E-state index contributed by atoms with van der Waals surface area (Å²) in [4.78, 5) is 2.36. The first kappa shape index (κ1) is 8.97. The third-order valence-electron chi connectivity index (χ3n) is 2.22. The molecule has 0 aromatic rings. The van der Waals surface area contributed by atoms with Crippen LogP contribution in [0, 0.1) is 0 Å². The topological polar surface area (TPSA) is 41.3 Å². The lowest BCUT2D eigenvalue weighted by atomic mass is 10.1. The molecule has 1 fully saturated rings. The lowest BCUT2D eigenvalue weighted by molar-refractivity contribution is 0.227. The molecule has 0 bridgehead atoms. The van der Waals surface area contributed by atoms with Crippen LogP contribution in [-0.2, 0) is 0 Å². The Hall–Kier alpha value is -0.120. The van der Waals surface area contributed by atoms with Crippen molar-refractivity contribution in [2.75, 3.05) is 20.1 Å². The zero-order valence-corrected chi connectivity index (χ0v) is 7.51. The summed E-state index contributed by atoms with van der Waals surface area (Å²) in [6, 6.07) is 0.645. The lowest BCUT2D eigenvalue weighted by Crippen LogP contribution is -2.47. The van der Waals surface area contributed by atoms with Crippen molar-refractivity contribution >= 4 is 0 Å². The van der Waals surface area contributed by atoms with Gasteiger partial charge in [0.25, 0.3) is 0 Å². The van der Waals surface area contributed by atoms with E-state index in [1.54, 1.807) is 0 Å². The number of nitrogens with one attached hydrogen (secondary N) is 1. The zero-order chi connectivity index (χ0) is 8.27. The van der Waals surface area contributed by atoms with Crippen LogP contribution < -0.4 is 11.1 Å². The Labute approximate surface area is 68.9 Å². The average Bonchev–Trinajstić information content (AvgIpc) is 1.93. The second-order valence-corrected chi connectivity index (χ2v) is 3.53. The molecule has 1 atom stereocenters. The summed E-state index contributed by atoms with van der Waals surface area (Å²) in [6.45, 7) is 4.40. The van der Waals surface area contributed by atoms with E-state index in [0.29, 0.717) is 6.04 Å². The fourth-order valence-corrected chi connectivity index (χ4v) is 1.55. The molecule has 1 rings (SSSR count). The van der Waals surface area contributed by atoms with Crippen LogP contribution in [0.3, 0.4) is 0 Å². The molecule has 3 N–H and O–H groups in total. The standard InChI is InChI=1S/C8H19N3/c1-7(9)10-8-3-5-11(2)6-4-8/h7-8,10H,3-6,9H2,1-2H3. The van der Waals surface area contributed by atoms with Crippen LogP contribution >= 0.6 is 0 Å². The minimum atomic E-state index is 0.142. The summed E-state index contributed by atoms with van der Waals surface area (Å²) in [5, 5.41) is 3.35. The maximum Gasteiger partial charge on any atom is 0.0519 e. The number of nitrogens with zero attached hydrogens (tertiary/aromatic N) is 1. The zero-order valence-electron chi connectivity index (χ0n) is 7.51. The molecule has 3 heteroatoms. The molecule has 1 aliphatic heterocycles. The Kier molecular flexibility index (Phi) is 3.30. The van der Waals surface area contributed by atoms with Crippen LogP contribution in [-0.4, -0.2) is 37.2 Å². The highest BCUT2D eigenvalue weighted by molar-refractivity contribution is 4.76. The van der Waals surface area contributed by atoms with E-state index >= 15 is 0 Å². The first-order valence-corrected chi connectivity index (χ1v) is 4.38. The van der Waals surface area contributed by atoms with E-state index in [0.717, 1.165) is 0 Å². The molecule has 1 heterocycles. The molecule has 66 valence electrons. The molecule has 0 aliphatic carbocycles. The van der Waals surface area contributed by atoms with E-state index in [9.17, 15) is 0 Å². The maximum atomic E-state index is 5.63. The van der Waals surface area contributed by atoms with E-state index in [1.807, 2.05) is 6.92 Å². The minimum absolute atomic E-state index is 0.142. The first-order valence-electron chi connectivity index (χ1n) is 4.38. The number of piperidine rings is 1. The van der Waals surface area contributed by atoms with Gasteiger partial charge in [-0.3, -0.25) is 5.32 Å². The predicted octanol–water partition coefficient (Wildman–Crippen LogP) is -0.0251. The van der Waals surface area contributed by atoms with Crippen molar-refractivity contribution in [1.29, 1.82) is 0 Å². The van der Waals surface area contributed by atoms with Gasteiger partial charge >= 0.3 is 0 Å². The molecular formula is C8H19N3. The fourth-order valence-electron chi connectivity index (χ4n) is 1.55. The maximum absolute atomic E-state index is 5.63. The van der Waals surface area contributed by atoms with E-state index in [2.05, 4.69) is 17.3 Å².